The van der Waals surface area contributed by atoms with Crippen LogP contribution in [0.25, 0.3) is 27.9 Å². The number of hydrogen-bond acceptors (Lipinski definition) is 7. The summed E-state index contributed by atoms with van der Waals surface area (Å²) in [7, 11) is 3.69. The van der Waals surface area contributed by atoms with Crippen LogP contribution in [-0.4, -0.2) is 61.6 Å². The van der Waals surface area contributed by atoms with Crippen molar-refractivity contribution in [1.82, 2.24) is 29.1 Å². The van der Waals surface area contributed by atoms with Crippen molar-refractivity contribution in [1.29, 1.82) is 0 Å². The molecule has 32 heavy (non-hydrogen) atoms. The third kappa shape index (κ3) is 4.05. The van der Waals surface area contributed by atoms with Crippen LogP contribution in [0.2, 0.25) is 0 Å². The van der Waals surface area contributed by atoms with Crippen LogP contribution in [0.1, 0.15) is 31.5 Å². The highest BCUT2D eigenvalue weighted by Gasteiger charge is 2.22. The van der Waals surface area contributed by atoms with E-state index in [1.807, 2.05) is 53.6 Å². The normalized spacial score (nSPS) is 19.1. The first-order chi connectivity index (χ1) is 15.6. The first-order valence-corrected chi connectivity index (χ1v) is 11.1. The van der Waals surface area contributed by atoms with Crippen LogP contribution in [0.3, 0.4) is 0 Å². The maximum Gasteiger partial charge on any atom is 0.241 e. The Labute approximate surface area is 186 Å². The summed E-state index contributed by atoms with van der Waals surface area (Å²) in [4.78, 5) is 14.0. The van der Waals surface area contributed by atoms with E-state index < -0.39 is 0 Å². The fraction of sp³-hybridized carbons (Fsp3) is 0.478. The molecule has 1 N–H and O–H groups in total. The molecule has 4 heterocycles. The second-order valence-electron chi connectivity index (χ2n) is 8.38. The topological polar surface area (TPSA) is 91.4 Å². The number of imidazole rings is 1. The minimum atomic E-state index is 0.326. The van der Waals surface area contributed by atoms with E-state index in [9.17, 15) is 0 Å². The summed E-state index contributed by atoms with van der Waals surface area (Å²) in [5.74, 6) is 1.59. The van der Waals surface area contributed by atoms with Gasteiger partial charge in [0.15, 0.2) is 5.65 Å². The summed E-state index contributed by atoms with van der Waals surface area (Å²) in [6, 6.07) is 6.42. The Morgan fingerprint density at radius 1 is 1.09 bits per heavy atom. The summed E-state index contributed by atoms with van der Waals surface area (Å²) in [6.45, 7) is 3.30. The lowest BCUT2D eigenvalue weighted by molar-refractivity contribution is -0.00158. The first-order valence-electron chi connectivity index (χ1n) is 11.1. The Kier molecular flexibility index (Phi) is 5.75. The average Bonchev–Trinajstić information content (AvgIpc) is 3.35. The van der Waals surface area contributed by atoms with E-state index in [1.165, 1.54) is 0 Å². The number of nitrogens with one attached hydrogen (secondary N) is 1. The molecule has 0 amide bonds. The van der Waals surface area contributed by atoms with E-state index in [1.54, 1.807) is 7.11 Å². The smallest absolute Gasteiger partial charge is 0.241 e. The fourth-order valence-electron chi connectivity index (χ4n) is 4.37. The van der Waals surface area contributed by atoms with Gasteiger partial charge in [-0.05, 0) is 50.8 Å². The van der Waals surface area contributed by atoms with E-state index >= 15 is 0 Å². The molecule has 1 fully saturated rings. The number of aromatic nitrogens is 6. The Hall–Kier alpha value is -3.04. The number of ether oxygens (including phenoxy) is 2. The Bertz CT molecular complexity index is 1220. The van der Waals surface area contributed by atoms with Crippen molar-refractivity contribution in [3.05, 3.63) is 36.4 Å². The molecule has 1 aliphatic rings. The Balaban J connectivity index is 1.29. The first kappa shape index (κ1) is 20.8. The minimum Gasteiger partial charge on any atom is -0.382 e. The van der Waals surface area contributed by atoms with Gasteiger partial charge in [-0.25, -0.2) is 19.5 Å². The van der Waals surface area contributed by atoms with Crippen molar-refractivity contribution in [2.75, 3.05) is 25.6 Å². The molecule has 0 atom stereocenters. The Morgan fingerprint density at radius 3 is 2.75 bits per heavy atom. The molecule has 0 aliphatic heterocycles. The van der Waals surface area contributed by atoms with Crippen LogP contribution < -0.4 is 5.32 Å². The number of aryl methyl sites for hydroxylation is 2. The minimum absolute atomic E-state index is 0.326. The SMILES string of the molecule is COCCO[C@H]1CC[C@@H](Nc2ncc3c(-c4ccc5nc(C)n(C)c5n4)ccn3n2)CC1. The molecule has 0 aromatic carbocycles. The third-order valence-corrected chi connectivity index (χ3v) is 6.28. The molecule has 0 radical (unpaired) electrons. The van der Waals surface area contributed by atoms with E-state index in [4.69, 9.17) is 14.5 Å². The number of rotatable bonds is 7. The predicted molar refractivity (Wildman–Crippen MR) is 123 cm³/mol. The van der Waals surface area contributed by atoms with Gasteiger partial charge < -0.3 is 19.4 Å². The van der Waals surface area contributed by atoms with Crippen LogP contribution in [-0.2, 0) is 16.5 Å². The molecule has 9 nitrogen and oxygen atoms in total. The summed E-state index contributed by atoms with van der Waals surface area (Å²) < 4.78 is 14.8. The molecule has 0 bridgehead atoms. The van der Waals surface area contributed by atoms with E-state index in [0.717, 1.165) is 59.4 Å². The van der Waals surface area contributed by atoms with Crippen molar-refractivity contribution in [3.8, 4) is 11.3 Å². The zero-order valence-corrected chi connectivity index (χ0v) is 18.8. The number of anilines is 1. The van der Waals surface area contributed by atoms with Crippen molar-refractivity contribution in [3.63, 3.8) is 0 Å². The number of methoxy groups -OCH3 is 1. The standard InChI is InChI=1S/C23H29N7O2/c1-15-25-20-9-8-19(27-22(20)29(15)2)18-10-11-30-21(18)14-24-23(28-30)26-16-4-6-17(7-5-16)32-13-12-31-3/h8-11,14,16-17H,4-7,12-13H2,1-3H3,(H,26,28)/t16-,17+. The zero-order valence-electron chi connectivity index (χ0n) is 18.8. The van der Waals surface area contributed by atoms with Gasteiger partial charge in [0, 0.05) is 32.0 Å². The van der Waals surface area contributed by atoms with Crippen molar-refractivity contribution in [2.45, 2.75) is 44.8 Å². The van der Waals surface area contributed by atoms with Crippen LogP contribution in [0, 0.1) is 6.92 Å². The third-order valence-electron chi connectivity index (χ3n) is 6.28. The largest absolute Gasteiger partial charge is 0.382 e. The zero-order chi connectivity index (χ0) is 22.1. The van der Waals surface area contributed by atoms with E-state index in [-0.39, 0.29) is 0 Å². The molecule has 168 valence electrons. The highest BCUT2D eigenvalue weighted by Crippen LogP contribution is 2.27. The second-order valence-corrected chi connectivity index (χ2v) is 8.38. The van der Waals surface area contributed by atoms with E-state index in [2.05, 4.69) is 20.4 Å². The van der Waals surface area contributed by atoms with Crippen LogP contribution >= 0.6 is 0 Å². The summed E-state index contributed by atoms with van der Waals surface area (Å²) in [5, 5.41) is 8.17. The lowest BCUT2D eigenvalue weighted by Crippen LogP contribution is -2.31. The summed E-state index contributed by atoms with van der Waals surface area (Å²) >= 11 is 0. The molecule has 0 saturated heterocycles. The molecule has 5 rings (SSSR count). The molecule has 4 aromatic rings. The average molecular weight is 436 g/mol. The van der Waals surface area contributed by atoms with Gasteiger partial charge in [0.1, 0.15) is 11.3 Å². The maximum absolute atomic E-state index is 5.86. The van der Waals surface area contributed by atoms with Gasteiger partial charge in [-0.1, -0.05) is 0 Å². The van der Waals surface area contributed by atoms with Gasteiger partial charge >= 0.3 is 0 Å². The fourth-order valence-corrected chi connectivity index (χ4v) is 4.37. The number of pyridine rings is 1. The summed E-state index contributed by atoms with van der Waals surface area (Å²) in [6.07, 6.45) is 8.32. The predicted octanol–water partition coefficient (Wildman–Crippen LogP) is 3.37. The molecule has 0 unspecified atom stereocenters. The van der Waals surface area contributed by atoms with Gasteiger partial charge in [-0.3, -0.25) is 0 Å². The number of nitrogens with zero attached hydrogens (tertiary/aromatic N) is 6. The van der Waals surface area contributed by atoms with Crippen molar-refractivity contribution in [2.24, 2.45) is 7.05 Å². The van der Waals surface area contributed by atoms with Gasteiger partial charge in [-0.15, -0.1) is 5.10 Å². The Morgan fingerprint density at radius 2 is 1.94 bits per heavy atom. The molecule has 0 spiro atoms. The molecule has 4 aromatic heterocycles. The molecular formula is C23H29N7O2. The monoisotopic (exact) mass is 435 g/mol. The van der Waals surface area contributed by atoms with Gasteiger partial charge in [-0.2, -0.15) is 0 Å². The quantitative estimate of drug-likeness (QED) is 0.445. The van der Waals surface area contributed by atoms with Crippen LogP contribution in [0.15, 0.2) is 30.6 Å². The lowest BCUT2D eigenvalue weighted by Gasteiger charge is -2.29. The number of hydrogen-bond donors (Lipinski definition) is 1. The van der Waals surface area contributed by atoms with Crippen LogP contribution in [0.5, 0.6) is 0 Å². The van der Waals surface area contributed by atoms with Crippen molar-refractivity contribution < 1.29 is 9.47 Å². The molecule has 1 aliphatic carbocycles. The van der Waals surface area contributed by atoms with Crippen LogP contribution in [0.4, 0.5) is 5.95 Å². The highest BCUT2D eigenvalue weighted by atomic mass is 16.5. The maximum atomic E-state index is 5.86. The lowest BCUT2D eigenvalue weighted by atomic mass is 9.93. The van der Waals surface area contributed by atoms with Crippen molar-refractivity contribution >= 4 is 22.6 Å². The summed E-state index contributed by atoms with van der Waals surface area (Å²) in [5.41, 5.74) is 4.60. The molecule has 1 saturated carbocycles. The van der Waals surface area contributed by atoms with Gasteiger partial charge in [0.2, 0.25) is 5.95 Å². The van der Waals surface area contributed by atoms with Gasteiger partial charge in [0.05, 0.1) is 36.7 Å². The number of fused-ring (bicyclic) bond motifs is 2. The van der Waals surface area contributed by atoms with E-state index in [0.29, 0.717) is 31.3 Å². The van der Waals surface area contributed by atoms with Gasteiger partial charge in [0.25, 0.3) is 0 Å². The molecule has 9 heteroatoms. The second kappa shape index (κ2) is 8.84. The molecular weight excluding hydrogens is 406 g/mol. The highest BCUT2D eigenvalue weighted by molar-refractivity contribution is 5.82.